The fourth-order valence-corrected chi connectivity index (χ4v) is 5.34. The lowest BCUT2D eigenvalue weighted by Crippen LogP contribution is -2.44. The van der Waals surface area contributed by atoms with Gasteiger partial charge in [-0.25, -0.2) is 0 Å². The van der Waals surface area contributed by atoms with E-state index < -0.39 is 0 Å². The molecule has 0 bridgehead atoms. The Hall–Kier alpha value is -3.91. The largest absolute Gasteiger partial charge is 0.497 e. The van der Waals surface area contributed by atoms with Crippen LogP contribution in [-0.4, -0.2) is 72.0 Å². The Balaban J connectivity index is 1.05. The van der Waals surface area contributed by atoms with Crippen LogP contribution in [0.25, 0.3) is 0 Å². The highest BCUT2D eigenvalue weighted by Gasteiger charge is 2.26. The van der Waals surface area contributed by atoms with Crippen molar-refractivity contribution < 1.29 is 19.1 Å². The zero-order chi connectivity index (χ0) is 27.9. The molecule has 0 unspecified atom stereocenters. The van der Waals surface area contributed by atoms with E-state index in [-0.39, 0.29) is 24.0 Å². The second-order valence-electron chi connectivity index (χ2n) is 10.7. The summed E-state index contributed by atoms with van der Waals surface area (Å²) in [6, 6.07) is 19.7. The zero-order valence-electron chi connectivity index (χ0n) is 23.3. The summed E-state index contributed by atoms with van der Waals surface area (Å²) in [6.45, 7) is 6.00. The maximum Gasteiger partial charge on any atom is 0.272 e. The molecule has 5 rings (SSSR count). The molecule has 1 aromatic heterocycles. The molecule has 2 fully saturated rings. The lowest BCUT2D eigenvalue weighted by molar-refractivity contribution is 0.0589. The number of hydrogen-bond donors (Lipinski definition) is 1. The number of likely N-dealkylation sites (tertiary alicyclic amines) is 2. The quantitative estimate of drug-likeness (QED) is 0.452. The fourth-order valence-electron chi connectivity index (χ4n) is 5.34. The highest BCUT2D eigenvalue weighted by Crippen LogP contribution is 2.21. The number of pyridine rings is 1. The van der Waals surface area contributed by atoms with E-state index in [1.807, 2.05) is 41.3 Å². The van der Waals surface area contributed by atoms with Gasteiger partial charge in [-0.15, -0.1) is 0 Å². The highest BCUT2D eigenvalue weighted by atomic mass is 16.5. The van der Waals surface area contributed by atoms with Crippen molar-refractivity contribution in [1.29, 1.82) is 0 Å². The molecule has 8 heteroatoms. The van der Waals surface area contributed by atoms with E-state index in [4.69, 9.17) is 9.47 Å². The third-order valence-electron chi connectivity index (χ3n) is 7.76. The summed E-state index contributed by atoms with van der Waals surface area (Å²) in [6.07, 6.45) is 4.94. The SMILES string of the molecule is COc1cccc(CN2CCC(NC(=O)c3ccc(C(=O)N4CCC(Oc5ccc(C)cc5)CC4)nc3)CC2)c1. The van der Waals surface area contributed by atoms with Gasteiger partial charge in [0.05, 0.1) is 12.7 Å². The molecule has 0 spiro atoms. The standard InChI is InChI=1S/C32H38N4O4/c1-23-6-9-27(10-7-23)40-28-14-18-36(19-15-28)32(38)30-11-8-25(21-33-30)31(37)34-26-12-16-35(17-13-26)22-24-4-3-5-29(20-24)39-2/h3-11,20-21,26,28H,12-19,22H2,1-2H3,(H,34,37). The van der Waals surface area contributed by atoms with Gasteiger partial charge in [0, 0.05) is 57.8 Å². The molecule has 0 aliphatic carbocycles. The third kappa shape index (κ3) is 7.18. The fraction of sp³-hybridized carbons (Fsp3) is 0.406. The predicted molar refractivity (Wildman–Crippen MR) is 154 cm³/mol. The maximum atomic E-state index is 13.0. The van der Waals surface area contributed by atoms with Crippen LogP contribution in [0.1, 0.15) is 57.7 Å². The Bertz CT molecular complexity index is 1280. The number of piperidine rings is 2. The molecule has 210 valence electrons. The minimum absolute atomic E-state index is 0.0968. The predicted octanol–water partition coefficient (Wildman–Crippen LogP) is 4.48. The number of carbonyl (C=O) groups is 2. The van der Waals surface area contributed by atoms with Crippen LogP contribution in [0.15, 0.2) is 66.9 Å². The lowest BCUT2D eigenvalue weighted by Gasteiger charge is -2.32. The van der Waals surface area contributed by atoms with Gasteiger partial charge < -0.3 is 19.7 Å². The number of amides is 2. The third-order valence-corrected chi connectivity index (χ3v) is 7.76. The minimum Gasteiger partial charge on any atom is -0.497 e. The van der Waals surface area contributed by atoms with Crippen LogP contribution in [0.2, 0.25) is 0 Å². The van der Waals surface area contributed by atoms with E-state index in [9.17, 15) is 9.59 Å². The van der Waals surface area contributed by atoms with Crippen molar-refractivity contribution in [1.82, 2.24) is 20.1 Å². The Labute approximate surface area is 236 Å². The molecule has 0 saturated carbocycles. The topological polar surface area (TPSA) is 84.0 Å². The van der Waals surface area contributed by atoms with Crippen molar-refractivity contribution in [3.63, 3.8) is 0 Å². The number of aromatic nitrogens is 1. The van der Waals surface area contributed by atoms with Gasteiger partial charge in [0.25, 0.3) is 11.8 Å². The van der Waals surface area contributed by atoms with Gasteiger partial charge in [0.2, 0.25) is 0 Å². The molecule has 3 heterocycles. The molecular formula is C32H38N4O4. The van der Waals surface area contributed by atoms with Crippen LogP contribution in [0.5, 0.6) is 11.5 Å². The number of carbonyl (C=O) groups excluding carboxylic acids is 2. The van der Waals surface area contributed by atoms with E-state index >= 15 is 0 Å². The second kappa shape index (κ2) is 13.0. The molecule has 0 radical (unpaired) electrons. The number of nitrogens with one attached hydrogen (secondary N) is 1. The molecule has 0 atom stereocenters. The maximum absolute atomic E-state index is 13.0. The van der Waals surface area contributed by atoms with Crippen LogP contribution in [-0.2, 0) is 6.54 Å². The lowest BCUT2D eigenvalue weighted by atomic mass is 10.0. The van der Waals surface area contributed by atoms with E-state index in [0.29, 0.717) is 24.3 Å². The van der Waals surface area contributed by atoms with Gasteiger partial charge in [-0.1, -0.05) is 29.8 Å². The zero-order valence-corrected chi connectivity index (χ0v) is 23.3. The number of hydrogen-bond acceptors (Lipinski definition) is 6. The van der Waals surface area contributed by atoms with Crippen molar-refractivity contribution in [2.24, 2.45) is 0 Å². The summed E-state index contributed by atoms with van der Waals surface area (Å²) < 4.78 is 11.4. The van der Waals surface area contributed by atoms with Gasteiger partial charge in [-0.05, 0) is 61.7 Å². The first-order valence-corrected chi connectivity index (χ1v) is 14.1. The van der Waals surface area contributed by atoms with Crippen molar-refractivity contribution >= 4 is 11.8 Å². The number of aryl methyl sites for hydroxylation is 1. The Morgan fingerprint density at radius 1 is 0.925 bits per heavy atom. The summed E-state index contributed by atoms with van der Waals surface area (Å²) in [5, 5.41) is 3.14. The summed E-state index contributed by atoms with van der Waals surface area (Å²) in [7, 11) is 1.68. The second-order valence-corrected chi connectivity index (χ2v) is 10.7. The van der Waals surface area contributed by atoms with Crippen molar-refractivity contribution in [3.05, 3.63) is 89.2 Å². The molecular weight excluding hydrogens is 504 g/mol. The molecule has 2 saturated heterocycles. The van der Waals surface area contributed by atoms with Gasteiger partial charge >= 0.3 is 0 Å². The summed E-state index contributed by atoms with van der Waals surface area (Å²) in [4.78, 5) is 34.4. The molecule has 3 aromatic rings. The summed E-state index contributed by atoms with van der Waals surface area (Å²) >= 11 is 0. The average molecular weight is 543 g/mol. The first-order valence-electron chi connectivity index (χ1n) is 14.1. The molecule has 8 nitrogen and oxygen atoms in total. The van der Waals surface area contributed by atoms with Crippen LogP contribution in [0, 0.1) is 6.92 Å². The Kier molecular flexibility index (Phi) is 8.96. The molecule has 2 aromatic carbocycles. The van der Waals surface area contributed by atoms with E-state index in [2.05, 4.69) is 34.3 Å². The summed E-state index contributed by atoms with van der Waals surface area (Å²) in [5.41, 5.74) is 3.26. The van der Waals surface area contributed by atoms with E-state index in [1.54, 1.807) is 19.2 Å². The van der Waals surface area contributed by atoms with Gasteiger partial charge in [0.15, 0.2) is 0 Å². The molecule has 2 amide bonds. The minimum atomic E-state index is -0.146. The monoisotopic (exact) mass is 542 g/mol. The molecule has 2 aliphatic heterocycles. The number of methoxy groups -OCH3 is 1. The number of benzene rings is 2. The van der Waals surface area contributed by atoms with E-state index in [0.717, 1.165) is 56.8 Å². The molecule has 1 N–H and O–H groups in total. The molecule has 40 heavy (non-hydrogen) atoms. The van der Waals surface area contributed by atoms with Crippen LogP contribution in [0.4, 0.5) is 0 Å². The van der Waals surface area contributed by atoms with E-state index in [1.165, 1.54) is 17.3 Å². The smallest absolute Gasteiger partial charge is 0.272 e. The van der Waals surface area contributed by atoms with Crippen molar-refractivity contribution in [3.8, 4) is 11.5 Å². The Morgan fingerprint density at radius 3 is 2.35 bits per heavy atom. The van der Waals surface area contributed by atoms with Gasteiger partial charge in [0.1, 0.15) is 23.3 Å². The van der Waals surface area contributed by atoms with Gasteiger partial charge in [-0.2, -0.15) is 0 Å². The highest BCUT2D eigenvalue weighted by molar-refractivity contribution is 5.96. The molecule has 2 aliphatic rings. The number of rotatable bonds is 8. The van der Waals surface area contributed by atoms with Crippen molar-refractivity contribution in [2.45, 2.75) is 51.3 Å². The van der Waals surface area contributed by atoms with Crippen LogP contribution < -0.4 is 14.8 Å². The van der Waals surface area contributed by atoms with Gasteiger partial charge in [-0.3, -0.25) is 19.5 Å². The van der Waals surface area contributed by atoms with Crippen LogP contribution in [0.3, 0.4) is 0 Å². The number of ether oxygens (including phenoxy) is 2. The summed E-state index contributed by atoms with van der Waals surface area (Å²) in [5.74, 6) is 1.48. The Morgan fingerprint density at radius 2 is 1.68 bits per heavy atom. The first kappa shape index (κ1) is 27.6. The average Bonchev–Trinajstić information content (AvgIpc) is 2.99. The normalized spacial score (nSPS) is 16.9. The first-order chi connectivity index (χ1) is 19.5. The number of nitrogens with zero attached hydrogens (tertiary/aromatic N) is 3. The van der Waals surface area contributed by atoms with Crippen LogP contribution >= 0.6 is 0 Å². The van der Waals surface area contributed by atoms with Crippen molar-refractivity contribution in [2.75, 3.05) is 33.3 Å².